The molecule has 0 fully saturated rings. The van der Waals surface area contributed by atoms with E-state index in [1.54, 1.807) is 20.8 Å². The number of hydrogen-bond donors (Lipinski definition) is 1. The van der Waals surface area contributed by atoms with Gasteiger partial charge in [-0.05, 0) is 32.4 Å². The molecule has 2 aromatic rings. The summed E-state index contributed by atoms with van der Waals surface area (Å²) < 4.78 is 6.50. The molecule has 2 rings (SSSR count). The van der Waals surface area contributed by atoms with Gasteiger partial charge in [-0.2, -0.15) is 5.10 Å². The zero-order valence-electron chi connectivity index (χ0n) is 14.2. The van der Waals surface area contributed by atoms with E-state index in [4.69, 9.17) is 9.52 Å². The van der Waals surface area contributed by atoms with Gasteiger partial charge in [-0.3, -0.25) is 9.59 Å². The second-order valence-corrected chi connectivity index (χ2v) is 5.66. The van der Waals surface area contributed by atoms with Crippen molar-refractivity contribution in [2.24, 2.45) is 7.05 Å². The van der Waals surface area contributed by atoms with Crippen LogP contribution in [-0.2, 0) is 13.6 Å². The summed E-state index contributed by atoms with van der Waals surface area (Å²) in [6.07, 6.45) is 0. The lowest BCUT2D eigenvalue weighted by molar-refractivity contribution is 0.0694. The summed E-state index contributed by atoms with van der Waals surface area (Å²) in [4.78, 5) is 37.2. The van der Waals surface area contributed by atoms with E-state index in [2.05, 4.69) is 5.10 Å². The van der Waals surface area contributed by atoms with Crippen LogP contribution in [-0.4, -0.2) is 38.7 Å². The number of carboxylic acids is 1. The molecule has 24 heavy (non-hydrogen) atoms. The highest BCUT2D eigenvalue weighted by molar-refractivity contribution is 5.95. The van der Waals surface area contributed by atoms with Gasteiger partial charge in [-0.25, -0.2) is 9.48 Å². The molecule has 1 amide bonds. The second kappa shape index (κ2) is 6.31. The molecular weight excluding hydrogens is 314 g/mol. The van der Waals surface area contributed by atoms with E-state index < -0.39 is 17.4 Å². The van der Waals surface area contributed by atoms with Crippen LogP contribution in [0.5, 0.6) is 0 Å². The van der Waals surface area contributed by atoms with Crippen molar-refractivity contribution in [3.8, 4) is 0 Å². The highest BCUT2D eigenvalue weighted by Crippen LogP contribution is 2.17. The van der Waals surface area contributed by atoms with E-state index in [-0.39, 0.29) is 23.4 Å². The van der Waals surface area contributed by atoms with Crippen molar-refractivity contribution in [3.63, 3.8) is 0 Å². The van der Waals surface area contributed by atoms with Crippen molar-refractivity contribution in [3.05, 3.63) is 50.3 Å². The quantitative estimate of drug-likeness (QED) is 0.903. The summed E-state index contributed by atoms with van der Waals surface area (Å²) in [6, 6.07) is 1.38. The molecule has 0 atom stereocenters. The normalized spacial score (nSPS) is 10.7. The van der Waals surface area contributed by atoms with Crippen molar-refractivity contribution < 1.29 is 19.1 Å². The fourth-order valence-corrected chi connectivity index (χ4v) is 2.43. The molecule has 0 saturated heterocycles. The minimum Gasteiger partial charge on any atom is -0.478 e. The fourth-order valence-electron chi connectivity index (χ4n) is 2.43. The van der Waals surface area contributed by atoms with E-state index in [9.17, 15) is 14.4 Å². The van der Waals surface area contributed by atoms with Crippen molar-refractivity contribution in [2.45, 2.75) is 27.3 Å². The lowest BCUT2D eigenvalue weighted by Gasteiger charge is -2.17. The molecule has 2 aromatic heterocycles. The standard InChI is InChI=1S/C16H19N3O5/c1-8-9(2)17-19(5)15(21)13(8)14(20)18(4)7-11-6-12(16(22)23)10(3)24-11/h6H,7H2,1-5H3,(H,22,23). The van der Waals surface area contributed by atoms with Crippen molar-refractivity contribution >= 4 is 11.9 Å². The van der Waals surface area contributed by atoms with Gasteiger partial charge < -0.3 is 14.4 Å². The van der Waals surface area contributed by atoms with Crippen LogP contribution in [0, 0.1) is 20.8 Å². The predicted molar refractivity (Wildman–Crippen MR) is 85.2 cm³/mol. The molecule has 0 unspecified atom stereocenters. The molecule has 8 heteroatoms. The number of amides is 1. The summed E-state index contributed by atoms with van der Waals surface area (Å²) in [6.45, 7) is 4.99. The van der Waals surface area contributed by atoms with Crippen LogP contribution in [0.3, 0.4) is 0 Å². The van der Waals surface area contributed by atoms with Gasteiger partial charge in [-0.1, -0.05) is 0 Å². The smallest absolute Gasteiger partial charge is 0.339 e. The summed E-state index contributed by atoms with van der Waals surface area (Å²) in [5.41, 5.74) is 0.747. The fraction of sp³-hybridized carbons (Fsp3) is 0.375. The Bertz CT molecular complexity index is 879. The van der Waals surface area contributed by atoms with E-state index in [1.165, 1.54) is 25.1 Å². The summed E-state index contributed by atoms with van der Waals surface area (Å²) in [5.74, 6) is -0.957. The molecule has 0 saturated carbocycles. The van der Waals surface area contributed by atoms with Gasteiger partial charge in [0.05, 0.1) is 12.2 Å². The van der Waals surface area contributed by atoms with Crippen LogP contribution < -0.4 is 5.56 Å². The third kappa shape index (κ3) is 3.08. The molecule has 8 nitrogen and oxygen atoms in total. The minimum absolute atomic E-state index is 0.0502. The molecule has 0 bridgehead atoms. The Kier molecular flexibility index (Phi) is 4.59. The average Bonchev–Trinajstić information content (AvgIpc) is 2.86. The van der Waals surface area contributed by atoms with Gasteiger partial charge in [0.15, 0.2) is 0 Å². The molecular formula is C16H19N3O5. The number of hydrogen-bond acceptors (Lipinski definition) is 5. The van der Waals surface area contributed by atoms with Crippen LogP contribution in [0.4, 0.5) is 0 Å². The summed E-state index contributed by atoms with van der Waals surface area (Å²) >= 11 is 0. The van der Waals surface area contributed by atoms with Gasteiger partial charge in [0.2, 0.25) is 0 Å². The monoisotopic (exact) mass is 333 g/mol. The zero-order chi connectivity index (χ0) is 18.2. The number of carbonyl (C=O) groups is 2. The number of carbonyl (C=O) groups excluding carboxylic acids is 1. The van der Waals surface area contributed by atoms with Crippen LogP contribution in [0.1, 0.15) is 43.5 Å². The predicted octanol–water partition coefficient (Wildman–Crippen LogP) is 1.27. The Morgan fingerprint density at radius 3 is 2.50 bits per heavy atom. The Labute approximate surface area is 138 Å². The lowest BCUT2D eigenvalue weighted by Crippen LogP contribution is -2.36. The first-order chi connectivity index (χ1) is 11.1. The number of nitrogens with zero attached hydrogens (tertiary/aromatic N) is 3. The van der Waals surface area contributed by atoms with Gasteiger partial charge >= 0.3 is 5.97 Å². The minimum atomic E-state index is -1.09. The first-order valence-electron chi connectivity index (χ1n) is 7.26. The number of furan rings is 1. The number of rotatable bonds is 4. The van der Waals surface area contributed by atoms with Crippen LogP contribution >= 0.6 is 0 Å². The highest BCUT2D eigenvalue weighted by atomic mass is 16.4. The molecule has 1 N–H and O–H groups in total. The SMILES string of the molecule is Cc1nn(C)c(=O)c(C(=O)N(C)Cc2cc(C(=O)O)c(C)o2)c1C. The maximum atomic E-state index is 12.6. The van der Waals surface area contributed by atoms with Crippen molar-refractivity contribution in [2.75, 3.05) is 7.05 Å². The maximum Gasteiger partial charge on any atom is 0.339 e. The molecule has 0 aromatic carbocycles. The highest BCUT2D eigenvalue weighted by Gasteiger charge is 2.23. The summed E-state index contributed by atoms with van der Waals surface area (Å²) in [7, 11) is 3.01. The third-order valence-electron chi connectivity index (χ3n) is 3.88. The third-order valence-corrected chi connectivity index (χ3v) is 3.88. The van der Waals surface area contributed by atoms with Gasteiger partial charge in [-0.15, -0.1) is 0 Å². The van der Waals surface area contributed by atoms with Crippen LogP contribution in [0.25, 0.3) is 0 Å². The first-order valence-corrected chi connectivity index (χ1v) is 7.26. The number of aromatic carboxylic acids is 1. The Morgan fingerprint density at radius 1 is 1.33 bits per heavy atom. The van der Waals surface area contributed by atoms with E-state index >= 15 is 0 Å². The molecule has 0 aliphatic heterocycles. The van der Waals surface area contributed by atoms with E-state index in [1.807, 2.05) is 0 Å². The zero-order valence-corrected chi connectivity index (χ0v) is 14.2. The molecule has 0 aliphatic carbocycles. The van der Waals surface area contributed by atoms with Crippen molar-refractivity contribution in [1.82, 2.24) is 14.7 Å². The Morgan fingerprint density at radius 2 is 1.96 bits per heavy atom. The first kappa shape index (κ1) is 17.5. The van der Waals surface area contributed by atoms with Gasteiger partial charge in [0.1, 0.15) is 22.6 Å². The largest absolute Gasteiger partial charge is 0.478 e. The van der Waals surface area contributed by atoms with Gasteiger partial charge in [0.25, 0.3) is 11.5 Å². The van der Waals surface area contributed by atoms with Crippen LogP contribution in [0.2, 0.25) is 0 Å². The second-order valence-electron chi connectivity index (χ2n) is 5.66. The molecule has 128 valence electrons. The van der Waals surface area contributed by atoms with E-state index in [0.717, 1.165) is 4.68 Å². The molecule has 0 aliphatic rings. The number of aromatic nitrogens is 2. The number of carboxylic acid groups (broad SMARTS) is 1. The number of aryl methyl sites for hydroxylation is 3. The van der Waals surface area contributed by atoms with Crippen molar-refractivity contribution in [1.29, 1.82) is 0 Å². The van der Waals surface area contributed by atoms with E-state index in [0.29, 0.717) is 17.0 Å². The molecule has 0 radical (unpaired) electrons. The Balaban J connectivity index is 2.33. The summed E-state index contributed by atoms with van der Waals surface area (Å²) in [5, 5.41) is 13.1. The Hall–Kier alpha value is -2.90. The van der Waals surface area contributed by atoms with Crippen LogP contribution in [0.15, 0.2) is 15.3 Å². The topological polar surface area (TPSA) is 106 Å². The maximum absolute atomic E-state index is 12.6. The lowest BCUT2D eigenvalue weighted by atomic mass is 10.1. The average molecular weight is 333 g/mol. The molecule has 2 heterocycles. The van der Waals surface area contributed by atoms with Gasteiger partial charge in [0, 0.05) is 14.1 Å². The molecule has 0 spiro atoms.